The summed E-state index contributed by atoms with van der Waals surface area (Å²) in [5, 5.41) is 14.6. The van der Waals surface area contributed by atoms with E-state index >= 15 is 0 Å². The first-order chi connectivity index (χ1) is 9.90. The number of aliphatic carboxylic acids is 1. The van der Waals surface area contributed by atoms with Crippen molar-refractivity contribution in [2.45, 2.75) is 58.0 Å². The van der Waals surface area contributed by atoms with Gasteiger partial charge in [0.25, 0.3) is 0 Å². The third kappa shape index (κ3) is 6.80. The molecule has 1 rings (SSSR count). The van der Waals surface area contributed by atoms with Gasteiger partial charge in [-0.2, -0.15) is 0 Å². The molecule has 6 nitrogen and oxygen atoms in total. The molecule has 0 aliphatic heterocycles. The molecule has 2 amide bonds. The lowest BCUT2D eigenvalue weighted by Crippen LogP contribution is -2.41. The Morgan fingerprint density at radius 1 is 1.29 bits per heavy atom. The van der Waals surface area contributed by atoms with Gasteiger partial charge in [-0.15, -0.1) is 0 Å². The molecule has 0 aromatic carbocycles. The Hall–Kier alpha value is -1.30. The first-order valence-corrected chi connectivity index (χ1v) is 7.87. The molecule has 21 heavy (non-hydrogen) atoms. The van der Waals surface area contributed by atoms with Crippen LogP contribution in [0.1, 0.15) is 46.0 Å². The summed E-state index contributed by atoms with van der Waals surface area (Å²) < 4.78 is 0. The smallest absolute Gasteiger partial charge is 0.315 e. The van der Waals surface area contributed by atoms with Gasteiger partial charge in [-0.05, 0) is 59.5 Å². The minimum Gasteiger partial charge on any atom is -0.481 e. The number of carbonyl (C=O) groups excluding carboxylic acids is 1. The van der Waals surface area contributed by atoms with Gasteiger partial charge in [-0.3, -0.25) is 4.79 Å². The van der Waals surface area contributed by atoms with Crippen molar-refractivity contribution in [3.63, 3.8) is 0 Å². The fourth-order valence-electron chi connectivity index (χ4n) is 2.52. The van der Waals surface area contributed by atoms with Crippen molar-refractivity contribution >= 4 is 12.0 Å². The predicted octanol–water partition coefficient (Wildman–Crippen LogP) is 1.66. The molecule has 1 saturated carbocycles. The SMILES string of the molecule is CC(C)N(C)CCCCNC(=O)NC1CCC(C(=O)O)C1. The number of nitrogens with zero attached hydrogens (tertiary/aromatic N) is 1. The van der Waals surface area contributed by atoms with Gasteiger partial charge in [-0.25, -0.2) is 4.79 Å². The van der Waals surface area contributed by atoms with E-state index in [0.29, 0.717) is 25.4 Å². The van der Waals surface area contributed by atoms with Crippen LogP contribution in [0.15, 0.2) is 0 Å². The zero-order valence-electron chi connectivity index (χ0n) is 13.4. The van der Waals surface area contributed by atoms with Crippen LogP contribution in [-0.2, 0) is 4.79 Å². The van der Waals surface area contributed by atoms with Crippen LogP contribution in [0.5, 0.6) is 0 Å². The summed E-state index contributed by atoms with van der Waals surface area (Å²) in [4.78, 5) is 24.8. The van der Waals surface area contributed by atoms with E-state index in [1.165, 1.54) is 0 Å². The minimum atomic E-state index is -0.756. The molecule has 0 aromatic heterocycles. The molecule has 0 aromatic rings. The molecule has 6 heteroatoms. The van der Waals surface area contributed by atoms with Crippen LogP contribution in [0.25, 0.3) is 0 Å². The van der Waals surface area contributed by atoms with E-state index < -0.39 is 5.97 Å². The highest BCUT2D eigenvalue weighted by atomic mass is 16.4. The molecule has 122 valence electrons. The molecule has 3 N–H and O–H groups in total. The minimum absolute atomic E-state index is 0.00169. The van der Waals surface area contributed by atoms with Crippen LogP contribution in [-0.4, -0.2) is 54.2 Å². The number of amides is 2. The Morgan fingerprint density at radius 2 is 2.00 bits per heavy atom. The van der Waals surface area contributed by atoms with Gasteiger partial charge in [0.05, 0.1) is 5.92 Å². The second kappa shape index (κ2) is 8.87. The lowest BCUT2D eigenvalue weighted by Gasteiger charge is -2.20. The van der Waals surface area contributed by atoms with Crippen molar-refractivity contribution in [1.82, 2.24) is 15.5 Å². The van der Waals surface area contributed by atoms with Crippen LogP contribution in [0.3, 0.4) is 0 Å². The molecule has 0 saturated heterocycles. The van der Waals surface area contributed by atoms with Gasteiger partial charge in [0.1, 0.15) is 0 Å². The third-order valence-electron chi connectivity index (χ3n) is 4.22. The van der Waals surface area contributed by atoms with Crippen molar-refractivity contribution in [3.8, 4) is 0 Å². The predicted molar refractivity (Wildman–Crippen MR) is 82.3 cm³/mol. The van der Waals surface area contributed by atoms with Gasteiger partial charge < -0.3 is 20.6 Å². The Morgan fingerprint density at radius 3 is 2.57 bits per heavy atom. The molecular weight excluding hydrogens is 270 g/mol. The summed E-state index contributed by atoms with van der Waals surface area (Å²) in [6.07, 6.45) is 3.96. The fraction of sp³-hybridized carbons (Fsp3) is 0.867. The second-order valence-corrected chi connectivity index (χ2v) is 6.23. The van der Waals surface area contributed by atoms with E-state index in [1.807, 2.05) is 0 Å². The van der Waals surface area contributed by atoms with E-state index in [-0.39, 0.29) is 18.0 Å². The third-order valence-corrected chi connectivity index (χ3v) is 4.22. The Kier molecular flexibility index (Phi) is 7.50. The van der Waals surface area contributed by atoms with Crippen LogP contribution in [0.4, 0.5) is 4.79 Å². The number of carboxylic acid groups (broad SMARTS) is 1. The lowest BCUT2D eigenvalue weighted by molar-refractivity contribution is -0.141. The van der Waals surface area contributed by atoms with Crippen molar-refractivity contribution in [2.24, 2.45) is 5.92 Å². The molecule has 0 bridgehead atoms. The number of carboxylic acids is 1. The molecular formula is C15H29N3O3. The average Bonchev–Trinajstić information content (AvgIpc) is 2.86. The number of rotatable bonds is 8. The monoisotopic (exact) mass is 299 g/mol. The second-order valence-electron chi connectivity index (χ2n) is 6.23. The van der Waals surface area contributed by atoms with Crippen LogP contribution in [0, 0.1) is 5.92 Å². The van der Waals surface area contributed by atoms with E-state index in [2.05, 4.69) is 36.4 Å². The summed E-state index contributed by atoms with van der Waals surface area (Å²) in [6.45, 7) is 6.02. The van der Waals surface area contributed by atoms with Crippen molar-refractivity contribution in [3.05, 3.63) is 0 Å². The van der Waals surface area contributed by atoms with Crippen LogP contribution >= 0.6 is 0 Å². The Bertz CT molecular complexity index is 347. The topological polar surface area (TPSA) is 81.7 Å². The summed E-state index contributed by atoms with van der Waals surface area (Å²) in [5.74, 6) is -1.06. The lowest BCUT2D eigenvalue weighted by atomic mass is 10.1. The maximum Gasteiger partial charge on any atom is 0.315 e. The van der Waals surface area contributed by atoms with Crippen molar-refractivity contribution in [1.29, 1.82) is 0 Å². The summed E-state index contributed by atoms with van der Waals surface area (Å²) in [7, 11) is 2.10. The molecule has 0 heterocycles. The van der Waals surface area contributed by atoms with Crippen molar-refractivity contribution in [2.75, 3.05) is 20.1 Å². The summed E-state index contributed by atoms with van der Waals surface area (Å²) >= 11 is 0. The summed E-state index contributed by atoms with van der Waals surface area (Å²) in [5.41, 5.74) is 0. The first-order valence-electron chi connectivity index (χ1n) is 7.87. The standard InChI is InChI=1S/C15H29N3O3/c1-11(2)18(3)9-5-4-8-16-15(21)17-13-7-6-12(10-13)14(19)20/h11-13H,4-10H2,1-3H3,(H,19,20)(H2,16,17,21). The van der Waals surface area contributed by atoms with Gasteiger partial charge in [0, 0.05) is 18.6 Å². The van der Waals surface area contributed by atoms with Gasteiger partial charge in [0.2, 0.25) is 0 Å². The quantitative estimate of drug-likeness (QED) is 0.595. The van der Waals surface area contributed by atoms with Crippen LogP contribution in [0.2, 0.25) is 0 Å². The highest BCUT2D eigenvalue weighted by molar-refractivity contribution is 5.75. The number of nitrogens with one attached hydrogen (secondary N) is 2. The van der Waals surface area contributed by atoms with E-state index in [9.17, 15) is 9.59 Å². The number of hydrogen-bond donors (Lipinski definition) is 3. The average molecular weight is 299 g/mol. The fourth-order valence-corrected chi connectivity index (χ4v) is 2.52. The van der Waals surface area contributed by atoms with Crippen molar-refractivity contribution < 1.29 is 14.7 Å². The summed E-state index contributed by atoms with van der Waals surface area (Å²) in [6, 6.07) is 0.368. The number of unbranched alkanes of at least 4 members (excludes halogenated alkanes) is 1. The number of urea groups is 1. The zero-order chi connectivity index (χ0) is 15.8. The van der Waals surface area contributed by atoms with E-state index in [1.54, 1.807) is 0 Å². The Balaban J connectivity index is 2.06. The Labute approximate surface area is 127 Å². The molecule has 1 aliphatic carbocycles. The van der Waals surface area contributed by atoms with Gasteiger partial charge in [0.15, 0.2) is 0 Å². The maximum absolute atomic E-state index is 11.7. The van der Waals surface area contributed by atoms with Crippen LogP contribution < -0.4 is 10.6 Å². The zero-order valence-corrected chi connectivity index (χ0v) is 13.4. The largest absolute Gasteiger partial charge is 0.481 e. The number of carbonyl (C=O) groups is 2. The molecule has 1 fully saturated rings. The van der Waals surface area contributed by atoms with Gasteiger partial charge in [-0.1, -0.05) is 0 Å². The molecule has 2 unspecified atom stereocenters. The van der Waals surface area contributed by atoms with Gasteiger partial charge >= 0.3 is 12.0 Å². The molecule has 2 atom stereocenters. The van der Waals surface area contributed by atoms with E-state index in [4.69, 9.17) is 5.11 Å². The number of hydrogen-bond acceptors (Lipinski definition) is 3. The molecule has 0 radical (unpaired) electrons. The first kappa shape index (κ1) is 17.8. The highest BCUT2D eigenvalue weighted by Crippen LogP contribution is 2.25. The van der Waals surface area contributed by atoms with E-state index in [0.717, 1.165) is 25.8 Å². The normalized spacial score (nSPS) is 21.8. The molecule has 1 aliphatic rings. The molecule has 0 spiro atoms. The maximum atomic E-state index is 11.7. The highest BCUT2D eigenvalue weighted by Gasteiger charge is 2.30.